The predicted octanol–water partition coefficient (Wildman–Crippen LogP) is 4.11. The third-order valence-electron chi connectivity index (χ3n) is 5.00. The SMILES string of the molecule is CC(NC(=NCC(=O)N(C)C)NC1CCCC(C(F)(F)F)C1)c1ccccc1.I. The summed E-state index contributed by atoms with van der Waals surface area (Å²) >= 11 is 0. The van der Waals surface area contributed by atoms with Gasteiger partial charge in [0.25, 0.3) is 0 Å². The van der Waals surface area contributed by atoms with Gasteiger partial charge < -0.3 is 15.5 Å². The largest absolute Gasteiger partial charge is 0.391 e. The highest BCUT2D eigenvalue weighted by Gasteiger charge is 2.42. The van der Waals surface area contributed by atoms with Crippen LogP contribution in [0.5, 0.6) is 0 Å². The topological polar surface area (TPSA) is 56.7 Å². The predicted molar refractivity (Wildman–Crippen MR) is 119 cm³/mol. The Bertz CT molecular complexity index is 667. The van der Waals surface area contributed by atoms with Gasteiger partial charge in [-0.1, -0.05) is 36.8 Å². The van der Waals surface area contributed by atoms with Crippen LogP contribution in [0.1, 0.15) is 44.2 Å². The van der Waals surface area contributed by atoms with Crippen LogP contribution in [0.25, 0.3) is 0 Å². The van der Waals surface area contributed by atoms with Gasteiger partial charge in [-0.2, -0.15) is 13.2 Å². The van der Waals surface area contributed by atoms with Crippen molar-refractivity contribution in [2.24, 2.45) is 10.9 Å². The number of aliphatic imine (C=N–C) groups is 1. The van der Waals surface area contributed by atoms with Crippen molar-refractivity contribution in [2.75, 3.05) is 20.6 Å². The van der Waals surface area contributed by atoms with Crippen molar-refractivity contribution in [3.05, 3.63) is 35.9 Å². The first-order valence-electron chi connectivity index (χ1n) is 9.56. The summed E-state index contributed by atoms with van der Waals surface area (Å²) in [4.78, 5) is 17.6. The Morgan fingerprint density at radius 1 is 1.24 bits per heavy atom. The van der Waals surface area contributed by atoms with Crippen molar-refractivity contribution in [1.82, 2.24) is 15.5 Å². The minimum atomic E-state index is -4.18. The van der Waals surface area contributed by atoms with Crippen LogP contribution >= 0.6 is 24.0 Å². The minimum Gasteiger partial charge on any atom is -0.354 e. The molecule has 3 atom stereocenters. The maximum Gasteiger partial charge on any atom is 0.391 e. The average Bonchev–Trinajstić information content (AvgIpc) is 2.66. The Kier molecular flexibility index (Phi) is 10.2. The summed E-state index contributed by atoms with van der Waals surface area (Å²) in [5, 5.41) is 6.34. The zero-order chi connectivity index (χ0) is 20.7. The highest BCUT2D eigenvalue weighted by Crippen LogP contribution is 2.37. The summed E-state index contributed by atoms with van der Waals surface area (Å²) in [6.07, 6.45) is -2.83. The molecule has 2 rings (SSSR count). The van der Waals surface area contributed by atoms with Crippen molar-refractivity contribution in [1.29, 1.82) is 0 Å². The number of amides is 1. The fraction of sp³-hybridized carbons (Fsp3) is 0.600. The summed E-state index contributed by atoms with van der Waals surface area (Å²) in [7, 11) is 3.28. The highest BCUT2D eigenvalue weighted by molar-refractivity contribution is 14.0. The van der Waals surface area contributed by atoms with Crippen LogP contribution in [0.3, 0.4) is 0 Å². The Morgan fingerprint density at radius 3 is 2.48 bits per heavy atom. The molecular weight excluding hydrogens is 496 g/mol. The first-order chi connectivity index (χ1) is 13.2. The second-order valence-electron chi connectivity index (χ2n) is 7.48. The number of alkyl halides is 3. The standard InChI is InChI=1S/C20H29F3N4O.HI/c1-14(15-8-5-4-6-9-15)25-19(24-13-18(28)27(2)3)26-17-11-7-10-16(12-17)20(21,22)23;/h4-6,8-9,14,16-17H,7,10-13H2,1-3H3,(H2,24,25,26);1H. The van der Waals surface area contributed by atoms with Crippen LogP contribution in [0.4, 0.5) is 13.2 Å². The Morgan fingerprint density at radius 2 is 1.90 bits per heavy atom. The molecule has 0 radical (unpaired) electrons. The van der Waals surface area contributed by atoms with Gasteiger partial charge in [0, 0.05) is 20.1 Å². The maximum atomic E-state index is 13.1. The van der Waals surface area contributed by atoms with Crippen molar-refractivity contribution in [3.63, 3.8) is 0 Å². The van der Waals surface area contributed by atoms with E-state index in [0.29, 0.717) is 18.8 Å². The van der Waals surface area contributed by atoms with E-state index in [1.807, 2.05) is 37.3 Å². The van der Waals surface area contributed by atoms with E-state index in [1.165, 1.54) is 4.90 Å². The highest BCUT2D eigenvalue weighted by atomic mass is 127. The molecule has 164 valence electrons. The van der Waals surface area contributed by atoms with Gasteiger partial charge in [0.2, 0.25) is 5.91 Å². The number of halogens is 4. The zero-order valence-corrected chi connectivity index (χ0v) is 19.3. The maximum absolute atomic E-state index is 13.1. The molecule has 0 saturated heterocycles. The van der Waals surface area contributed by atoms with E-state index in [9.17, 15) is 18.0 Å². The van der Waals surface area contributed by atoms with Gasteiger partial charge in [-0.25, -0.2) is 4.99 Å². The van der Waals surface area contributed by atoms with Gasteiger partial charge in [0.05, 0.1) is 12.0 Å². The van der Waals surface area contributed by atoms with E-state index < -0.39 is 12.1 Å². The number of carbonyl (C=O) groups excluding carboxylic acids is 1. The second kappa shape index (κ2) is 11.6. The third-order valence-corrected chi connectivity index (χ3v) is 5.00. The molecule has 1 aliphatic carbocycles. The van der Waals surface area contributed by atoms with Crippen LogP contribution in [0, 0.1) is 5.92 Å². The van der Waals surface area contributed by atoms with Gasteiger partial charge in [-0.05, 0) is 31.7 Å². The van der Waals surface area contributed by atoms with E-state index in [0.717, 1.165) is 5.56 Å². The number of benzene rings is 1. The number of carbonyl (C=O) groups is 1. The Balaban J connectivity index is 0.00000420. The third kappa shape index (κ3) is 8.39. The number of rotatable bonds is 5. The molecule has 1 aromatic carbocycles. The summed E-state index contributed by atoms with van der Waals surface area (Å²) < 4.78 is 39.3. The lowest BCUT2D eigenvalue weighted by atomic mass is 9.85. The van der Waals surface area contributed by atoms with Crippen LogP contribution in [-0.4, -0.2) is 49.6 Å². The number of hydrogen-bond acceptors (Lipinski definition) is 2. The summed E-state index contributed by atoms with van der Waals surface area (Å²) in [6, 6.07) is 9.23. The smallest absolute Gasteiger partial charge is 0.354 e. The van der Waals surface area contributed by atoms with Crippen molar-refractivity contribution in [3.8, 4) is 0 Å². The molecule has 0 bridgehead atoms. The lowest BCUT2D eigenvalue weighted by Gasteiger charge is -2.32. The molecule has 1 aliphatic rings. The number of likely N-dealkylation sites (N-methyl/N-ethyl adjacent to an activating group) is 1. The fourth-order valence-electron chi connectivity index (χ4n) is 3.26. The van der Waals surface area contributed by atoms with Crippen molar-refractivity contribution < 1.29 is 18.0 Å². The minimum absolute atomic E-state index is 0. The number of hydrogen-bond donors (Lipinski definition) is 2. The average molecular weight is 526 g/mol. The molecule has 1 saturated carbocycles. The van der Waals surface area contributed by atoms with Crippen LogP contribution < -0.4 is 10.6 Å². The molecule has 2 N–H and O–H groups in total. The number of guanidine groups is 1. The van der Waals surface area contributed by atoms with E-state index >= 15 is 0 Å². The molecular formula is C20H30F3IN4O. The number of nitrogens with one attached hydrogen (secondary N) is 2. The van der Waals surface area contributed by atoms with E-state index in [1.54, 1.807) is 14.1 Å². The van der Waals surface area contributed by atoms with E-state index in [-0.39, 0.29) is 61.4 Å². The van der Waals surface area contributed by atoms with Gasteiger partial charge in [-0.3, -0.25) is 4.79 Å². The summed E-state index contributed by atoms with van der Waals surface area (Å²) in [5.74, 6) is -1.11. The Hall–Kier alpha value is -1.52. The molecule has 1 fully saturated rings. The molecule has 0 heterocycles. The van der Waals surface area contributed by atoms with Crippen LogP contribution in [0.2, 0.25) is 0 Å². The van der Waals surface area contributed by atoms with Gasteiger partial charge in [0.15, 0.2) is 5.96 Å². The van der Waals surface area contributed by atoms with Crippen molar-refractivity contribution in [2.45, 2.75) is 50.9 Å². The first kappa shape index (κ1) is 25.5. The van der Waals surface area contributed by atoms with Crippen LogP contribution in [-0.2, 0) is 4.79 Å². The fourth-order valence-corrected chi connectivity index (χ4v) is 3.26. The molecule has 1 aromatic rings. The molecule has 0 aromatic heterocycles. The summed E-state index contributed by atoms with van der Waals surface area (Å²) in [5.41, 5.74) is 1.02. The molecule has 0 aliphatic heterocycles. The van der Waals surface area contributed by atoms with Crippen molar-refractivity contribution >= 4 is 35.8 Å². The molecule has 9 heteroatoms. The molecule has 3 unspecified atom stereocenters. The molecule has 0 spiro atoms. The molecule has 29 heavy (non-hydrogen) atoms. The van der Waals surface area contributed by atoms with Crippen LogP contribution in [0.15, 0.2) is 35.3 Å². The number of nitrogens with zero attached hydrogens (tertiary/aromatic N) is 2. The van der Waals surface area contributed by atoms with Gasteiger partial charge in [0.1, 0.15) is 6.54 Å². The van der Waals surface area contributed by atoms with E-state index in [2.05, 4.69) is 15.6 Å². The zero-order valence-electron chi connectivity index (χ0n) is 17.0. The lowest BCUT2D eigenvalue weighted by Crippen LogP contribution is -2.47. The monoisotopic (exact) mass is 526 g/mol. The quantitative estimate of drug-likeness (QED) is 0.345. The molecule has 1 amide bonds. The summed E-state index contributed by atoms with van der Waals surface area (Å²) in [6.45, 7) is 1.87. The normalized spacial score (nSPS) is 21.0. The molecule has 5 nitrogen and oxygen atoms in total. The lowest BCUT2D eigenvalue weighted by molar-refractivity contribution is -0.183. The second-order valence-corrected chi connectivity index (χ2v) is 7.48. The first-order valence-corrected chi connectivity index (χ1v) is 9.56. The van der Waals surface area contributed by atoms with Gasteiger partial charge in [-0.15, -0.1) is 24.0 Å². The van der Waals surface area contributed by atoms with E-state index in [4.69, 9.17) is 0 Å². The Labute approximate surface area is 187 Å². The van der Waals surface area contributed by atoms with Gasteiger partial charge >= 0.3 is 6.18 Å².